The van der Waals surface area contributed by atoms with Gasteiger partial charge in [-0.25, -0.2) is 14.0 Å². The zero-order valence-corrected chi connectivity index (χ0v) is 15.5. The first-order valence-electron chi connectivity index (χ1n) is 8.19. The zero-order valence-electron chi connectivity index (χ0n) is 14.6. The molecule has 0 saturated carbocycles. The van der Waals surface area contributed by atoms with Crippen LogP contribution in [0.15, 0.2) is 0 Å². The second-order valence-corrected chi connectivity index (χ2v) is 8.79. The summed E-state index contributed by atoms with van der Waals surface area (Å²) in [5.41, 5.74) is 0. The van der Waals surface area contributed by atoms with Gasteiger partial charge in [0.15, 0.2) is 0 Å². The van der Waals surface area contributed by atoms with Crippen LogP contribution in [0.25, 0.3) is 0 Å². The summed E-state index contributed by atoms with van der Waals surface area (Å²) in [6.45, 7) is 9.25. The molecule has 0 saturated heterocycles. The Balaban J connectivity index is 4.94. The predicted molar refractivity (Wildman–Crippen MR) is 90.2 cm³/mol. The van der Waals surface area contributed by atoms with Gasteiger partial charge in [0.05, 0.1) is 0 Å². The van der Waals surface area contributed by atoms with Crippen molar-refractivity contribution in [2.45, 2.75) is 59.3 Å². The number of hydrogen-bond acceptors (Lipinski definition) is 1. The highest BCUT2D eigenvalue weighted by molar-refractivity contribution is 7.56. The third-order valence-corrected chi connectivity index (χ3v) is 7.11. The lowest BCUT2D eigenvalue weighted by Crippen LogP contribution is -2.37. The van der Waals surface area contributed by atoms with Crippen LogP contribution in [0.2, 0.25) is 0 Å². The average Bonchev–Trinajstić information content (AvgIpc) is 2.46. The van der Waals surface area contributed by atoms with Crippen LogP contribution < -0.4 is 0 Å². The van der Waals surface area contributed by atoms with Gasteiger partial charge >= 0.3 is 0 Å². The molecule has 0 aromatic rings. The van der Waals surface area contributed by atoms with Crippen molar-refractivity contribution in [1.29, 1.82) is 0 Å². The molecule has 0 aromatic carbocycles. The largest absolute Gasteiger partial charge is 0.286 e. The Morgan fingerprint density at radius 3 is 1.10 bits per heavy atom. The standard InChI is InChI=1S/C15H36N3OP/c1-7-10-13-16(4)20(19,17(5)14-11-8-2)18(6)15-12-9-3/h7-15H2,1-6H3. The Hall–Kier alpha value is 0.110. The molecule has 0 aliphatic rings. The summed E-state index contributed by atoms with van der Waals surface area (Å²) in [7, 11) is 3.46. The fourth-order valence-corrected chi connectivity index (χ4v) is 5.10. The third-order valence-electron chi connectivity index (χ3n) is 3.84. The van der Waals surface area contributed by atoms with Crippen molar-refractivity contribution < 1.29 is 4.57 Å². The molecule has 0 heterocycles. The monoisotopic (exact) mass is 305 g/mol. The number of rotatable bonds is 12. The quantitative estimate of drug-likeness (QED) is 0.503. The van der Waals surface area contributed by atoms with E-state index in [2.05, 4.69) is 34.8 Å². The summed E-state index contributed by atoms with van der Waals surface area (Å²) in [5, 5.41) is 0. The molecule has 0 atom stereocenters. The maximum Gasteiger partial charge on any atom is 0.286 e. The minimum atomic E-state index is -2.58. The highest BCUT2D eigenvalue weighted by Crippen LogP contribution is 2.54. The van der Waals surface area contributed by atoms with Gasteiger partial charge in [-0.3, -0.25) is 4.57 Å². The highest BCUT2D eigenvalue weighted by atomic mass is 31.2. The smallest absolute Gasteiger partial charge is 0.270 e. The van der Waals surface area contributed by atoms with Gasteiger partial charge < -0.3 is 0 Å². The van der Waals surface area contributed by atoms with Crippen LogP contribution in [0.4, 0.5) is 0 Å². The van der Waals surface area contributed by atoms with Crippen molar-refractivity contribution in [2.24, 2.45) is 0 Å². The molecule has 0 bridgehead atoms. The van der Waals surface area contributed by atoms with Gasteiger partial charge in [0, 0.05) is 19.6 Å². The molecule has 0 aromatic heterocycles. The number of unbranched alkanes of at least 4 members (excludes halogenated alkanes) is 3. The van der Waals surface area contributed by atoms with Gasteiger partial charge in [0.25, 0.3) is 7.59 Å². The van der Waals surface area contributed by atoms with Crippen LogP contribution in [-0.4, -0.2) is 54.8 Å². The Morgan fingerprint density at radius 1 is 0.650 bits per heavy atom. The summed E-state index contributed by atoms with van der Waals surface area (Å²) in [5.74, 6) is 0. The van der Waals surface area contributed by atoms with Crippen molar-refractivity contribution in [3.63, 3.8) is 0 Å². The summed E-state index contributed by atoms with van der Waals surface area (Å²) < 4.78 is 19.9. The van der Waals surface area contributed by atoms with Crippen LogP contribution in [0.5, 0.6) is 0 Å². The first-order valence-corrected chi connectivity index (χ1v) is 9.76. The molecule has 0 aliphatic heterocycles. The molecule has 20 heavy (non-hydrogen) atoms. The summed E-state index contributed by atoms with van der Waals surface area (Å²) in [4.78, 5) is 0. The maximum atomic E-state index is 13.6. The lowest BCUT2D eigenvalue weighted by Gasteiger charge is -2.40. The van der Waals surface area contributed by atoms with E-state index in [4.69, 9.17) is 0 Å². The molecule has 0 rings (SSSR count). The Kier molecular flexibility index (Phi) is 10.8. The Labute approximate surface area is 127 Å². The molecule has 0 N–H and O–H groups in total. The van der Waals surface area contributed by atoms with Crippen molar-refractivity contribution in [2.75, 3.05) is 40.8 Å². The fourth-order valence-electron chi connectivity index (χ4n) is 2.33. The Morgan fingerprint density at radius 2 is 0.900 bits per heavy atom. The lowest BCUT2D eigenvalue weighted by atomic mass is 10.3. The van der Waals surface area contributed by atoms with Gasteiger partial charge in [-0.2, -0.15) is 0 Å². The van der Waals surface area contributed by atoms with Gasteiger partial charge in [-0.05, 0) is 40.4 Å². The third kappa shape index (κ3) is 5.85. The zero-order chi connectivity index (χ0) is 15.6. The van der Waals surface area contributed by atoms with Gasteiger partial charge in [-0.15, -0.1) is 0 Å². The summed E-state index contributed by atoms with van der Waals surface area (Å²) >= 11 is 0. The molecule has 0 aliphatic carbocycles. The van der Waals surface area contributed by atoms with Gasteiger partial charge in [0.1, 0.15) is 0 Å². The second kappa shape index (κ2) is 10.8. The summed E-state index contributed by atoms with van der Waals surface area (Å²) in [6.07, 6.45) is 6.72. The molecule has 0 fully saturated rings. The van der Waals surface area contributed by atoms with E-state index >= 15 is 0 Å². The molecule has 0 radical (unpaired) electrons. The maximum absolute atomic E-state index is 13.6. The van der Waals surface area contributed by atoms with E-state index in [-0.39, 0.29) is 0 Å². The van der Waals surface area contributed by atoms with Crippen molar-refractivity contribution in [3.05, 3.63) is 0 Å². The molecular weight excluding hydrogens is 269 g/mol. The first-order chi connectivity index (χ1) is 9.44. The van der Waals surface area contributed by atoms with Crippen LogP contribution in [0.1, 0.15) is 59.3 Å². The Bertz CT molecular complexity index is 243. The van der Waals surface area contributed by atoms with E-state index in [1.165, 1.54) is 0 Å². The molecule has 0 amide bonds. The topological polar surface area (TPSA) is 26.8 Å². The highest BCUT2D eigenvalue weighted by Gasteiger charge is 2.36. The van der Waals surface area contributed by atoms with Gasteiger partial charge in [0.2, 0.25) is 0 Å². The first kappa shape index (κ1) is 20.1. The van der Waals surface area contributed by atoms with Crippen molar-refractivity contribution >= 4 is 7.59 Å². The molecule has 122 valence electrons. The normalized spacial score (nSPS) is 12.8. The van der Waals surface area contributed by atoms with E-state index in [0.29, 0.717) is 0 Å². The molecule has 4 nitrogen and oxygen atoms in total. The molecule has 0 spiro atoms. The van der Waals surface area contributed by atoms with Crippen LogP contribution in [0, 0.1) is 0 Å². The summed E-state index contributed by atoms with van der Waals surface area (Å²) in [6, 6.07) is 0. The van der Waals surface area contributed by atoms with Crippen LogP contribution >= 0.6 is 7.59 Å². The van der Waals surface area contributed by atoms with E-state index in [9.17, 15) is 4.57 Å². The van der Waals surface area contributed by atoms with E-state index in [0.717, 1.165) is 58.2 Å². The van der Waals surface area contributed by atoms with E-state index in [1.54, 1.807) is 0 Å². The minimum absolute atomic E-state index is 0.903. The number of nitrogens with zero attached hydrogens (tertiary/aromatic N) is 3. The van der Waals surface area contributed by atoms with Crippen LogP contribution in [-0.2, 0) is 4.57 Å². The minimum Gasteiger partial charge on any atom is -0.270 e. The average molecular weight is 305 g/mol. The molecular formula is C15H36N3OP. The van der Waals surface area contributed by atoms with E-state index < -0.39 is 7.59 Å². The van der Waals surface area contributed by atoms with Gasteiger partial charge in [-0.1, -0.05) is 40.0 Å². The number of hydrogen-bond donors (Lipinski definition) is 0. The lowest BCUT2D eigenvalue weighted by molar-refractivity contribution is 0.313. The van der Waals surface area contributed by atoms with Crippen molar-refractivity contribution in [1.82, 2.24) is 14.0 Å². The van der Waals surface area contributed by atoms with Crippen molar-refractivity contribution in [3.8, 4) is 0 Å². The molecule has 5 heteroatoms. The van der Waals surface area contributed by atoms with Crippen LogP contribution in [0.3, 0.4) is 0 Å². The fraction of sp³-hybridized carbons (Fsp3) is 1.00. The second-order valence-electron chi connectivity index (χ2n) is 5.72. The van der Waals surface area contributed by atoms with E-state index in [1.807, 2.05) is 21.1 Å². The predicted octanol–water partition coefficient (Wildman–Crippen LogP) is 4.29. The SMILES string of the molecule is CCCCN(C)P(=O)(N(C)CCCC)N(C)CCCC. The molecule has 0 unspecified atom stereocenters.